The first-order chi connectivity index (χ1) is 10.6. The molecule has 0 saturated heterocycles. The van der Waals surface area contributed by atoms with Crippen molar-refractivity contribution in [2.24, 2.45) is 0 Å². The SMILES string of the molecule is Cc1noc(COC(=O)CN2C(=O)CSc3ccccc32)n1. The van der Waals surface area contributed by atoms with Crippen LogP contribution in [0.2, 0.25) is 0 Å². The van der Waals surface area contributed by atoms with E-state index in [1.807, 2.05) is 24.3 Å². The predicted molar refractivity (Wildman–Crippen MR) is 78.4 cm³/mol. The molecule has 3 rings (SSSR count). The molecule has 0 bridgehead atoms. The second kappa shape index (κ2) is 6.18. The fourth-order valence-corrected chi connectivity index (χ4v) is 2.98. The van der Waals surface area contributed by atoms with Gasteiger partial charge >= 0.3 is 5.97 Å². The molecule has 0 atom stereocenters. The molecule has 1 aliphatic rings. The van der Waals surface area contributed by atoms with Crippen molar-refractivity contribution in [1.82, 2.24) is 10.1 Å². The van der Waals surface area contributed by atoms with Crippen LogP contribution in [0.5, 0.6) is 0 Å². The van der Waals surface area contributed by atoms with E-state index in [1.54, 1.807) is 6.92 Å². The first-order valence-electron chi connectivity index (χ1n) is 6.60. The Hall–Kier alpha value is -2.35. The van der Waals surface area contributed by atoms with Gasteiger partial charge in [-0.2, -0.15) is 4.98 Å². The maximum Gasteiger partial charge on any atom is 0.326 e. The van der Waals surface area contributed by atoms with Crippen LogP contribution in [0.15, 0.2) is 33.7 Å². The number of aromatic nitrogens is 2. The zero-order chi connectivity index (χ0) is 15.5. The molecule has 0 spiro atoms. The lowest BCUT2D eigenvalue weighted by Crippen LogP contribution is -2.39. The summed E-state index contributed by atoms with van der Waals surface area (Å²) >= 11 is 1.46. The lowest BCUT2D eigenvalue weighted by molar-refractivity contribution is -0.144. The average Bonchev–Trinajstić information content (AvgIpc) is 2.94. The van der Waals surface area contributed by atoms with Crippen molar-refractivity contribution < 1.29 is 18.8 Å². The highest BCUT2D eigenvalue weighted by molar-refractivity contribution is 8.00. The summed E-state index contributed by atoms with van der Waals surface area (Å²) in [4.78, 5) is 30.3. The normalized spacial score (nSPS) is 13.9. The van der Waals surface area contributed by atoms with Crippen molar-refractivity contribution >= 4 is 29.3 Å². The Labute approximate surface area is 130 Å². The van der Waals surface area contributed by atoms with Gasteiger partial charge in [0.1, 0.15) is 6.54 Å². The number of anilines is 1. The number of hydrogen-bond donors (Lipinski definition) is 0. The molecule has 8 heteroatoms. The zero-order valence-electron chi connectivity index (χ0n) is 11.8. The average molecular weight is 319 g/mol. The van der Waals surface area contributed by atoms with Gasteiger partial charge in [0.05, 0.1) is 11.4 Å². The highest BCUT2D eigenvalue weighted by atomic mass is 32.2. The van der Waals surface area contributed by atoms with Gasteiger partial charge in [-0.25, -0.2) is 0 Å². The van der Waals surface area contributed by atoms with Crippen LogP contribution in [0.25, 0.3) is 0 Å². The number of carbonyl (C=O) groups excluding carboxylic acids is 2. The van der Waals surface area contributed by atoms with Crippen LogP contribution in [0.1, 0.15) is 11.7 Å². The van der Waals surface area contributed by atoms with Gasteiger partial charge < -0.3 is 9.26 Å². The maximum absolute atomic E-state index is 12.0. The van der Waals surface area contributed by atoms with Gasteiger partial charge in [-0.3, -0.25) is 14.5 Å². The van der Waals surface area contributed by atoms with E-state index in [1.165, 1.54) is 16.7 Å². The van der Waals surface area contributed by atoms with Crippen molar-refractivity contribution in [3.63, 3.8) is 0 Å². The Balaban J connectivity index is 1.64. The molecular formula is C14H13N3O4S. The molecule has 1 aliphatic heterocycles. The van der Waals surface area contributed by atoms with E-state index in [4.69, 9.17) is 9.26 Å². The lowest BCUT2D eigenvalue weighted by atomic mass is 10.2. The van der Waals surface area contributed by atoms with E-state index < -0.39 is 5.97 Å². The third-order valence-corrected chi connectivity index (χ3v) is 4.07. The van der Waals surface area contributed by atoms with Gasteiger partial charge in [0.25, 0.3) is 5.89 Å². The highest BCUT2D eigenvalue weighted by Crippen LogP contribution is 2.34. The number of hydrogen-bond acceptors (Lipinski definition) is 7. The van der Waals surface area contributed by atoms with Crippen LogP contribution in [0.4, 0.5) is 5.69 Å². The molecule has 0 unspecified atom stereocenters. The Morgan fingerprint density at radius 2 is 2.27 bits per heavy atom. The minimum Gasteiger partial charge on any atom is -0.454 e. The Bertz CT molecular complexity index is 716. The largest absolute Gasteiger partial charge is 0.454 e. The summed E-state index contributed by atoms with van der Waals surface area (Å²) < 4.78 is 9.93. The van der Waals surface area contributed by atoms with E-state index in [-0.39, 0.29) is 24.9 Å². The van der Waals surface area contributed by atoms with E-state index in [0.29, 0.717) is 11.6 Å². The van der Waals surface area contributed by atoms with Crippen molar-refractivity contribution in [2.45, 2.75) is 18.4 Å². The van der Waals surface area contributed by atoms with Gasteiger partial charge in [-0.1, -0.05) is 17.3 Å². The number of thioether (sulfide) groups is 1. The predicted octanol–water partition coefficient (Wildman–Crippen LogP) is 1.56. The molecule has 1 aromatic heterocycles. The standard InChI is InChI=1S/C14H13N3O4S/c1-9-15-12(21-16-9)7-20-14(19)6-17-10-4-2-3-5-11(10)22-8-13(17)18/h2-5H,6-8H2,1H3. The third kappa shape index (κ3) is 3.11. The van der Waals surface area contributed by atoms with Gasteiger partial charge in [0.2, 0.25) is 5.91 Å². The fourth-order valence-electron chi connectivity index (χ4n) is 2.04. The summed E-state index contributed by atoms with van der Waals surface area (Å²) in [7, 11) is 0. The second-order valence-electron chi connectivity index (χ2n) is 4.63. The highest BCUT2D eigenvalue weighted by Gasteiger charge is 2.26. The smallest absolute Gasteiger partial charge is 0.326 e. The molecule has 7 nitrogen and oxygen atoms in total. The van der Waals surface area contributed by atoms with Crippen LogP contribution in [-0.2, 0) is 20.9 Å². The fraction of sp³-hybridized carbons (Fsp3) is 0.286. The molecule has 0 N–H and O–H groups in total. The van der Waals surface area contributed by atoms with Crippen molar-refractivity contribution in [2.75, 3.05) is 17.2 Å². The number of rotatable bonds is 4. The van der Waals surface area contributed by atoms with E-state index in [0.717, 1.165) is 10.6 Å². The summed E-state index contributed by atoms with van der Waals surface area (Å²) in [5, 5.41) is 3.61. The first kappa shape index (κ1) is 14.6. The van der Waals surface area contributed by atoms with Crippen molar-refractivity contribution in [1.29, 1.82) is 0 Å². The van der Waals surface area contributed by atoms with E-state index >= 15 is 0 Å². The molecule has 1 aromatic carbocycles. The molecule has 22 heavy (non-hydrogen) atoms. The number of esters is 1. The monoisotopic (exact) mass is 319 g/mol. The van der Waals surface area contributed by atoms with Gasteiger partial charge in [0.15, 0.2) is 12.4 Å². The summed E-state index contributed by atoms with van der Waals surface area (Å²) in [5.41, 5.74) is 0.731. The van der Waals surface area contributed by atoms with Crippen LogP contribution < -0.4 is 4.90 Å². The molecule has 0 aliphatic carbocycles. The third-order valence-electron chi connectivity index (χ3n) is 3.02. The molecule has 0 saturated carbocycles. The summed E-state index contributed by atoms with van der Waals surface area (Å²) in [6, 6.07) is 7.47. The number of benzene rings is 1. The van der Waals surface area contributed by atoms with E-state index in [2.05, 4.69) is 10.1 Å². The topological polar surface area (TPSA) is 85.5 Å². The van der Waals surface area contributed by atoms with Crippen LogP contribution in [0.3, 0.4) is 0 Å². The number of para-hydroxylation sites is 1. The molecular weight excluding hydrogens is 306 g/mol. The Morgan fingerprint density at radius 1 is 1.45 bits per heavy atom. The zero-order valence-corrected chi connectivity index (χ0v) is 12.6. The number of ether oxygens (including phenoxy) is 1. The van der Waals surface area contributed by atoms with Crippen LogP contribution in [0, 0.1) is 6.92 Å². The summed E-state index contributed by atoms with van der Waals surface area (Å²) in [6.07, 6.45) is 0. The number of aryl methyl sites for hydroxylation is 1. The number of carbonyl (C=O) groups is 2. The van der Waals surface area contributed by atoms with E-state index in [9.17, 15) is 9.59 Å². The number of nitrogens with zero attached hydrogens (tertiary/aromatic N) is 3. The Kier molecular flexibility index (Phi) is 4.10. The Morgan fingerprint density at radius 3 is 3.05 bits per heavy atom. The quantitative estimate of drug-likeness (QED) is 0.790. The number of amides is 1. The minimum absolute atomic E-state index is 0.0991. The van der Waals surface area contributed by atoms with Crippen molar-refractivity contribution in [3.8, 4) is 0 Å². The first-order valence-corrected chi connectivity index (χ1v) is 7.59. The summed E-state index contributed by atoms with van der Waals surface area (Å²) in [5.74, 6) is 0.378. The maximum atomic E-state index is 12.0. The molecule has 114 valence electrons. The van der Waals surface area contributed by atoms with Crippen molar-refractivity contribution in [3.05, 3.63) is 36.0 Å². The summed E-state index contributed by atoms with van der Waals surface area (Å²) in [6.45, 7) is 1.44. The second-order valence-corrected chi connectivity index (χ2v) is 5.65. The van der Waals surface area contributed by atoms with Gasteiger partial charge in [0, 0.05) is 4.90 Å². The molecule has 2 aromatic rings. The molecule has 0 fully saturated rings. The van der Waals surface area contributed by atoms with Crippen LogP contribution >= 0.6 is 11.8 Å². The number of fused-ring (bicyclic) bond motifs is 1. The molecule has 1 amide bonds. The molecule has 2 heterocycles. The molecule has 0 radical (unpaired) electrons. The lowest BCUT2D eigenvalue weighted by Gasteiger charge is -2.27. The van der Waals surface area contributed by atoms with Gasteiger partial charge in [-0.15, -0.1) is 11.8 Å². The van der Waals surface area contributed by atoms with Crippen LogP contribution in [-0.4, -0.2) is 34.3 Å². The minimum atomic E-state index is -0.522. The van der Waals surface area contributed by atoms with Gasteiger partial charge in [-0.05, 0) is 19.1 Å².